The van der Waals surface area contributed by atoms with Gasteiger partial charge in [-0.1, -0.05) is 12.1 Å². The Morgan fingerprint density at radius 1 is 1.36 bits per heavy atom. The number of aromatic nitrogens is 5. The van der Waals surface area contributed by atoms with Gasteiger partial charge in [-0.3, -0.25) is 24.9 Å². The molecule has 0 aliphatic carbocycles. The largest absolute Gasteiger partial charge is 0.307 e. The molecule has 0 aliphatic heterocycles. The topological polar surface area (TPSA) is 121 Å². The lowest BCUT2D eigenvalue weighted by Gasteiger charge is -2.02. The molecular weight excluding hydrogens is 333 g/mol. The lowest BCUT2D eigenvalue weighted by Crippen LogP contribution is -2.20. The second-order valence-electron chi connectivity index (χ2n) is 5.10. The number of nitro groups is 1. The minimum Gasteiger partial charge on any atom is -0.292 e. The summed E-state index contributed by atoms with van der Waals surface area (Å²) in [7, 11) is 0. The van der Waals surface area contributed by atoms with E-state index in [-0.39, 0.29) is 24.0 Å². The SMILES string of the molecule is O=C(Cn1cc([N+](=O)[O-])cn1)Nc1ncn(Cc2cccc(F)c2)n1. The Morgan fingerprint density at radius 3 is 2.92 bits per heavy atom. The van der Waals surface area contributed by atoms with E-state index in [0.717, 1.165) is 17.1 Å². The Morgan fingerprint density at radius 2 is 2.20 bits per heavy atom. The fraction of sp³-hybridized carbons (Fsp3) is 0.143. The van der Waals surface area contributed by atoms with Crippen molar-refractivity contribution in [3.8, 4) is 0 Å². The van der Waals surface area contributed by atoms with Crippen molar-refractivity contribution >= 4 is 17.5 Å². The van der Waals surface area contributed by atoms with E-state index in [1.807, 2.05) is 0 Å². The highest BCUT2D eigenvalue weighted by Crippen LogP contribution is 2.08. The highest BCUT2D eigenvalue weighted by atomic mass is 19.1. The molecule has 11 heteroatoms. The molecule has 0 saturated carbocycles. The molecule has 3 rings (SSSR count). The standard InChI is InChI=1S/C14H12FN7O3/c15-11-3-1-2-10(4-11)6-21-9-16-14(19-21)18-13(23)8-20-7-12(5-17-20)22(24)25/h1-5,7,9H,6,8H2,(H,18,19,23). The summed E-state index contributed by atoms with van der Waals surface area (Å²) in [4.78, 5) is 25.8. The van der Waals surface area contributed by atoms with Crippen LogP contribution in [-0.2, 0) is 17.9 Å². The van der Waals surface area contributed by atoms with E-state index in [0.29, 0.717) is 12.1 Å². The molecule has 2 heterocycles. The average molecular weight is 345 g/mol. The van der Waals surface area contributed by atoms with Gasteiger partial charge in [-0.25, -0.2) is 14.1 Å². The van der Waals surface area contributed by atoms with Crippen LogP contribution in [0.5, 0.6) is 0 Å². The predicted octanol–water partition coefficient (Wildman–Crippen LogP) is 1.21. The molecular formula is C14H12FN7O3. The lowest BCUT2D eigenvalue weighted by molar-refractivity contribution is -0.385. The van der Waals surface area contributed by atoms with Crippen molar-refractivity contribution in [3.05, 3.63) is 64.5 Å². The molecule has 0 atom stereocenters. The number of nitrogens with one attached hydrogen (secondary N) is 1. The van der Waals surface area contributed by atoms with E-state index in [1.165, 1.54) is 23.1 Å². The van der Waals surface area contributed by atoms with Crippen LogP contribution >= 0.6 is 0 Å². The quantitative estimate of drug-likeness (QED) is 0.529. The molecule has 0 saturated heterocycles. The van der Waals surface area contributed by atoms with Crippen molar-refractivity contribution in [2.45, 2.75) is 13.1 Å². The first-order chi connectivity index (χ1) is 12.0. The maximum Gasteiger partial charge on any atom is 0.307 e. The van der Waals surface area contributed by atoms with Crippen molar-refractivity contribution in [3.63, 3.8) is 0 Å². The zero-order chi connectivity index (χ0) is 17.8. The van der Waals surface area contributed by atoms with Gasteiger partial charge in [0, 0.05) is 0 Å². The van der Waals surface area contributed by atoms with E-state index >= 15 is 0 Å². The van der Waals surface area contributed by atoms with Crippen LogP contribution in [0.15, 0.2) is 43.0 Å². The molecule has 1 amide bonds. The van der Waals surface area contributed by atoms with E-state index < -0.39 is 10.8 Å². The zero-order valence-corrected chi connectivity index (χ0v) is 12.7. The van der Waals surface area contributed by atoms with Crippen LogP contribution in [-0.4, -0.2) is 35.4 Å². The average Bonchev–Trinajstić information content (AvgIpc) is 3.17. The number of hydrogen-bond acceptors (Lipinski definition) is 6. The second kappa shape index (κ2) is 6.86. The van der Waals surface area contributed by atoms with Crippen LogP contribution in [0.4, 0.5) is 16.0 Å². The number of amides is 1. The van der Waals surface area contributed by atoms with Gasteiger partial charge in [-0.15, -0.1) is 5.10 Å². The first-order valence-electron chi connectivity index (χ1n) is 7.10. The molecule has 0 unspecified atom stereocenters. The van der Waals surface area contributed by atoms with Crippen molar-refractivity contribution < 1.29 is 14.1 Å². The molecule has 0 aliphatic rings. The van der Waals surface area contributed by atoms with Crippen molar-refractivity contribution in [2.24, 2.45) is 0 Å². The Hall–Kier alpha value is -3.63. The summed E-state index contributed by atoms with van der Waals surface area (Å²) in [6, 6.07) is 6.06. The van der Waals surface area contributed by atoms with Crippen LogP contribution in [0.2, 0.25) is 0 Å². The van der Waals surface area contributed by atoms with Gasteiger partial charge in [0.1, 0.15) is 31.1 Å². The highest BCUT2D eigenvalue weighted by Gasteiger charge is 2.12. The third-order valence-corrected chi connectivity index (χ3v) is 3.16. The molecule has 0 bridgehead atoms. The molecule has 25 heavy (non-hydrogen) atoms. The van der Waals surface area contributed by atoms with Crippen LogP contribution in [0, 0.1) is 15.9 Å². The number of nitrogens with zero attached hydrogens (tertiary/aromatic N) is 6. The van der Waals surface area contributed by atoms with Crippen molar-refractivity contribution in [1.29, 1.82) is 0 Å². The van der Waals surface area contributed by atoms with E-state index in [9.17, 15) is 19.3 Å². The van der Waals surface area contributed by atoms with Gasteiger partial charge in [-0.2, -0.15) is 5.10 Å². The van der Waals surface area contributed by atoms with Crippen LogP contribution in [0.25, 0.3) is 0 Å². The molecule has 10 nitrogen and oxygen atoms in total. The number of rotatable bonds is 6. The number of benzene rings is 1. The first kappa shape index (κ1) is 16.2. The Labute approximate surface area is 140 Å². The molecule has 1 N–H and O–H groups in total. The summed E-state index contributed by atoms with van der Waals surface area (Å²) in [6.45, 7) is 0.0816. The third kappa shape index (κ3) is 4.22. The van der Waals surface area contributed by atoms with Crippen LogP contribution in [0.3, 0.4) is 0 Å². The molecule has 128 valence electrons. The van der Waals surface area contributed by atoms with Gasteiger partial charge in [0.25, 0.3) is 0 Å². The maximum atomic E-state index is 13.2. The second-order valence-corrected chi connectivity index (χ2v) is 5.10. The Bertz CT molecular complexity index is 921. The number of carbonyl (C=O) groups is 1. The monoisotopic (exact) mass is 345 g/mol. The predicted molar refractivity (Wildman–Crippen MR) is 83.0 cm³/mol. The van der Waals surface area contributed by atoms with Crippen molar-refractivity contribution in [2.75, 3.05) is 5.32 Å². The molecule has 0 fully saturated rings. The highest BCUT2D eigenvalue weighted by molar-refractivity contribution is 5.88. The van der Waals surface area contributed by atoms with Crippen LogP contribution in [0.1, 0.15) is 5.56 Å². The third-order valence-electron chi connectivity index (χ3n) is 3.16. The maximum absolute atomic E-state index is 13.2. The molecule has 0 radical (unpaired) electrons. The number of halogens is 1. The van der Waals surface area contributed by atoms with E-state index in [1.54, 1.807) is 12.1 Å². The number of anilines is 1. The van der Waals surface area contributed by atoms with Gasteiger partial charge in [0.2, 0.25) is 11.9 Å². The summed E-state index contributed by atoms with van der Waals surface area (Å²) in [6.07, 6.45) is 3.61. The number of hydrogen-bond donors (Lipinski definition) is 1. The first-order valence-corrected chi connectivity index (χ1v) is 7.10. The van der Waals surface area contributed by atoms with E-state index in [4.69, 9.17) is 0 Å². The Kier molecular flexibility index (Phi) is 4.46. The van der Waals surface area contributed by atoms with Gasteiger partial charge in [0.05, 0.1) is 11.5 Å². The van der Waals surface area contributed by atoms with Crippen molar-refractivity contribution in [1.82, 2.24) is 24.5 Å². The summed E-state index contributed by atoms with van der Waals surface area (Å²) in [5, 5.41) is 20.8. The zero-order valence-electron chi connectivity index (χ0n) is 12.7. The minimum atomic E-state index is -0.600. The summed E-state index contributed by atoms with van der Waals surface area (Å²) >= 11 is 0. The van der Waals surface area contributed by atoms with Gasteiger partial charge >= 0.3 is 5.69 Å². The summed E-state index contributed by atoms with van der Waals surface area (Å²) in [5.74, 6) is -0.760. The minimum absolute atomic E-state index is 0.0723. The molecule has 1 aromatic carbocycles. The number of carbonyl (C=O) groups excluding carboxylic acids is 1. The fourth-order valence-electron chi connectivity index (χ4n) is 2.10. The molecule has 3 aromatic rings. The smallest absolute Gasteiger partial charge is 0.292 e. The van der Waals surface area contributed by atoms with Gasteiger partial charge < -0.3 is 0 Å². The normalized spacial score (nSPS) is 10.6. The molecule has 0 spiro atoms. The fourth-order valence-corrected chi connectivity index (χ4v) is 2.10. The molecule has 2 aromatic heterocycles. The Balaban J connectivity index is 1.58. The van der Waals surface area contributed by atoms with E-state index in [2.05, 4.69) is 20.5 Å². The summed E-state index contributed by atoms with van der Waals surface area (Å²) in [5.41, 5.74) is 0.497. The lowest BCUT2D eigenvalue weighted by atomic mass is 10.2. The van der Waals surface area contributed by atoms with Crippen LogP contribution < -0.4 is 5.32 Å². The van der Waals surface area contributed by atoms with Gasteiger partial charge in [0.15, 0.2) is 0 Å². The van der Waals surface area contributed by atoms with Gasteiger partial charge in [-0.05, 0) is 17.7 Å². The summed E-state index contributed by atoms with van der Waals surface area (Å²) < 4.78 is 15.7.